The highest BCUT2D eigenvalue weighted by Crippen LogP contribution is 2.19. The molecule has 132 valence electrons. The van der Waals surface area contributed by atoms with Gasteiger partial charge in [0.2, 0.25) is 5.91 Å². The van der Waals surface area contributed by atoms with Gasteiger partial charge in [0.25, 0.3) is 0 Å². The summed E-state index contributed by atoms with van der Waals surface area (Å²) in [5.41, 5.74) is 0.620. The smallest absolute Gasteiger partial charge is 0.409 e. The zero-order valence-electron chi connectivity index (χ0n) is 14.1. The molecule has 25 heavy (non-hydrogen) atoms. The topological polar surface area (TPSA) is 89.4 Å². The van der Waals surface area contributed by atoms with Gasteiger partial charge < -0.3 is 15.0 Å². The quantitative estimate of drug-likeness (QED) is 0.918. The highest BCUT2D eigenvalue weighted by Gasteiger charge is 2.29. The lowest BCUT2D eigenvalue weighted by Gasteiger charge is -2.31. The highest BCUT2D eigenvalue weighted by molar-refractivity contribution is 5.92. The van der Waals surface area contributed by atoms with Crippen LogP contribution in [-0.4, -0.2) is 51.4 Å². The Hall–Kier alpha value is -2.90. The van der Waals surface area contributed by atoms with E-state index in [2.05, 4.69) is 15.4 Å². The molecule has 2 aromatic heterocycles. The zero-order valence-corrected chi connectivity index (χ0v) is 14.1. The third kappa shape index (κ3) is 4.14. The Balaban J connectivity index is 1.59. The second-order valence-corrected chi connectivity index (χ2v) is 5.83. The van der Waals surface area contributed by atoms with Crippen molar-refractivity contribution in [3.05, 3.63) is 36.8 Å². The molecule has 0 aromatic carbocycles. The molecule has 0 radical (unpaired) electrons. The molecule has 0 spiro atoms. The van der Waals surface area contributed by atoms with Crippen LogP contribution in [0.25, 0.3) is 5.82 Å². The summed E-state index contributed by atoms with van der Waals surface area (Å²) in [4.78, 5) is 30.2. The number of nitrogens with zero attached hydrogens (tertiary/aromatic N) is 4. The van der Waals surface area contributed by atoms with Crippen molar-refractivity contribution in [3.8, 4) is 5.82 Å². The Morgan fingerprint density at radius 3 is 2.96 bits per heavy atom. The van der Waals surface area contributed by atoms with Crippen LogP contribution in [0.5, 0.6) is 0 Å². The van der Waals surface area contributed by atoms with Crippen LogP contribution >= 0.6 is 0 Å². The molecule has 1 saturated heterocycles. The molecule has 1 aliphatic heterocycles. The lowest BCUT2D eigenvalue weighted by atomic mass is 9.97. The molecule has 3 heterocycles. The van der Waals surface area contributed by atoms with Gasteiger partial charge in [-0.1, -0.05) is 0 Å². The summed E-state index contributed by atoms with van der Waals surface area (Å²) in [6, 6.07) is 5.39. The highest BCUT2D eigenvalue weighted by atomic mass is 16.6. The molecule has 3 rings (SSSR count). The van der Waals surface area contributed by atoms with Crippen molar-refractivity contribution in [2.45, 2.75) is 19.8 Å². The summed E-state index contributed by atoms with van der Waals surface area (Å²) in [6.07, 6.45) is 6.25. The minimum absolute atomic E-state index is 0.109. The van der Waals surface area contributed by atoms with E-state index in [0.717, 1.165) is 12.8 Å². The lowest BCUT2D eigenvalue weighted by Crippen LogP contribution is -2.44. The summed E-state index contributed by atoms with van der Waals surface area (Å²) >= 11 is 0. The number of rotatable bonds is 4. The maximum Gasteiger partial charge on any atom is 0.409 e. The van der Waals surface area contributed by atoms with E-state index >= 15 is 0 Å². The van der Waals surface area contributed by atoms with E-state index in [1.807, 2.05) is 6.07 Å². The number of pyridine rings is 1. The number of anilines is 1. The fourth-order valence-corrected chi connectivity index (χ4v) is 2.82. The number of ether oxygens (including phenoxy) is 1. The van der Waals surface area contributed by atoms with E-state index < -0.39 is 0 Å². The van der Waals surface area contributed by atoms with Crippen LogP contribution in [0, 0.1) is 5.92 Å². The van der Waals surface area contributed by atoms with E-state index in [4.69, 9.17) is 4.74 Å². The predicted octanol–water partition coefficient (Wildman–Crippen LogP) is 2.07. The molecule has 0 unspecified atom stereocenters. The van der Waals surface area contributed by atoms with Crippen molar-refractivity contribution < 1.29 is 14.3 Å². The Morgan fingerprint density at radius 2 is 2.28 bits per heavy atom. The van der Waals surface area contributed by atoms with E-state index in [1.54, 1.807) is 47.2 Å². The molecule has 1 atom stereocenters. The molecule has 1 N–H and O–H groups in total. The molecule has 0 bridgehead atoms. The predicted molar refractivity (Wildman–Crippen MR) is 91.3 cm³/mol. The van der Waals surface area contributed by atoms with Crippen LogP contribution < -0.4 is 5.32 Å². The van der Waals surface area contributed by atoms with Crippen molar-refractivity contribution in [2.24, 2.45) is 5.92 Å². The number of carbonyl (C=O) groups is 2. The minimum atomic E-state index is -0.356. The van der Waals surface area contributed by atoms with Gasteiger partial charge in [-0.05, 0) is 38.0 Å². The van der Waals surface area contributed by atoms with Crippen LogP contribution in [0.1, 0.15) is 19.8 Å². The minimum Gasteiger partial charge on any atom is -0.450 e. The van der Waals surface area contributed by atoms with Crippen LogP contribution in [0.4, 0.5) is 10.5 Å². The normalized spacial score (nSPS) is 17.2. The molecule has 0 saturated carbocycles. The molecular weight excluding hydrogens is 322 g/mol. The SMILES string of the molecule is CCOC(=O)N1CCC[C@H](C(=O)Nc2ccc(-n3cccn3)nc2)C1. The van der Waals surface area contributed by atoms with Crippen molar-refractivity contribution in [1.82, 2.24) is 19.7 Å². The molecular formula is C17H21N5O3. The number of hydrogen-bond acceptors (Lipinski definition) is 5. The first-order valence-corrected chi connectivity index (χ1v) is 8.36. The molecule has 2 amide bonds. The average molecular weight is 343 g/mol. The molecule has 1 fully saturated rings. The van der Waals surface area contributed by atoms with Gasteiger partial charge in [-0.15, -0.1) is 0 Å². The van der Waals surface area contributed by atoms with Crippen LogP contribution in [0.3, 0.4) is 0 Å². The van der Waals surface area contributed by atoms with Crippen LogP contribution in [0.2, 0.25) is 0 Å². The third-order valence-corrected chi connectivity index (χ3v) is 4.07. The van der Waals surface area contributed by atoms with Gasteiger partial charge in [0.05, 0.1) is 24.4 Å². The number of aromatic nitrogens is 3. The maximum absolute atomic E-state index is 12.5. The maximum atomic E-state index is 12.5. The first kappa shape index (κ1) is 16.9. The van der Waals surface area contributed by atoms with Gasteiger partial charge >= 0.3 is 6.09 Å². The Labute approximate surface area is 145 Å². The summed E-state index contributed by atoms with van der Waals surface area (Å²) in [5, 5.41) is 6.97. The van der Waals surface area contributed by atoms with Gasteiger partial charge in [-0.3, -0.25) is 4.79 Å². The van der Waals surface area contributed by atoms with Crippen molar-refractivity contribution in [3.63, 3.8) is 0 Å². The number of hydrogen-bond donors (Lipinski definition) is 1. The fraction of sp³-hybridized carbons (Fsp3) is 0.412. The Bertz CT molecular complexity index is 714. The molecule has 2 aromatic rings. The molecule has 8 nitrogen and oxygen atoms in total. The molecule has 8 heteroatoms. The van der Waals surface area contributed by atoms with Crippen molar-refractivity contribution >= 4 is 17.7 Å². The van der Waals surface area contributed by atoms with Gasteiger partial charge in [0, 0.05) is 25.5 Å². The zero-order chi connectivity index (χ0) is 17.6. The Kier molecular flexibility index (Phi) is 5.27. The van der Waals surface area contributed by atoms with Gasteiger partial charge in [-0.25, -0.2) is 14.5 Å². The number of nitrogens with one attached hydrogen (secondary N) is 1. The second-order valence-electron chi connectivity index (χ2n) is 5.83. The summed E-state index contributed by atoms with van der Waals surface area (Å²) in [7, 11) is 0. The second kappa shape index (κ2) is 7.78. The Morgan fingerprint density at radius 1 is 1.40 bits per heavy atom. The van der Waals surface area contributed by atoms with Crippen molar-refractivity contribution in [1.29, 1.82) is 0 Å². The lowest BCUT2D eigenvalue weighted by molar-refractivity contribution is -0.121. The summed E-state index contributed by atoms with van der Waals surface area (Å²) in [6.45, 7) is 3.11. The van der Waals surface area contributed by atoms with E-state index in [9.17, 15) is 9.59 Å². The number of piperidine rings is 1. The fourth-order valence-electron chi connectivity index (χ4n) is 2.82. The molecule has 0 aliphatic carbocycles. The average Bonchev–Trinajstić information content (AvgIpc) is 3.17. The van der Waals surface area contributed by atoms with Gasteiger partial charge in [0.15, 0.2) is 5.82 Å². The monoisotopic (exact) mass is 343 g/mol. The van der Waals surface area contributed by atoms with Gasteiger partial charge in [-0.2, -0.15) is 5.10 Å². The van der Waals surface area contributed by atoms with E-state index in [1.165, 1.54) is 0 Å². The van der Waals surface area contributed by atoms with E-state index in [-0.39, 0.29) is 17.9 Å². The van der Waals surface area contributed by atoms with E-state index in [0.29, 0.717) is 31.2 Å². The summed E-state index contributed by atoms with van der Waals surface area (Å²) < 4.78 is 6.66. The number of carbonyl (C=O) groups excluding carboxylic acids is 2. The first-order chi connectivity index (χ1) is 12.2. The number of likely N-dealkylation sites (tertiary alicyclic amines) is 1. The van der Waals surface area contributed by atoms with Crippen LogP contribution in [-0.2, 0) is 9.53 Å². The molecule has 1 aliphatic rings. The standard InChI is InChI=1S/C17H21N5O3/c1-2-25-17(24)21-9-3-5-13(12-21)16(23)20-14-6-7-15(18-11-14)22-10-4-8-19-22/h4,6-8,10-11,13H,2-3,5,9,12H2,1H3,(H,20,23)/t13-/m0/s1. The van der Waals surface area contributed by atoms with Gasteiger partial charge in [0.1, 0.15) is 0 Å². The van der Waals surface area contributed by atoms with Crippen LogP contribution in [0.15, 0.2) is 36.8 Å². The number of amides is 2. The van der Waals surface area contributed by atoms with Crippen molar-refractivity contribution in [2.75, 3.05) is 25.0 Å². The summed E-state index contributed by atoms with van der Waals surface area (Å²) in [5.74, 6) is 0.320. The third-order valence-electron chi connectivity index (χ3n) is 4.07. The largest absolute Gasteiger partial charge is 0.450 e. The first-order valence-electron chi connectivity index (χ1n) is 8.36.